The summed E-state index contributed by atoms with van der Waals surface area (Å²) in [6, 6.07) is 0. The Bertz CT molecular complexity index is 1610. The Balaban J connectivity index is 0.000000336. The molecule has 274 valence electrons. The normalized spacial score (nSPS) is 14.2. The van der Waals surface area contributed by atoms with E-state index >= 15 is 0 Å². The van der Waals surface area contributed by atoms with Gasteiger partial charge in [-0.2, -0.15) is 0 Å². The maximum atomic E-state index is 6.03. The molecule has 1 saturated heterocycles. The van der Waals surface area contributed by atoms with Gasteiger partial charge in [0.2, 0.25) is 0 Å². The van der Waals surface area contributed by atoms with Crippen LogP contribution in [-0.4, -0.2) is 48.2 Å². The molecule has 0 amide bonds. The molecule has 0 atom stereocenters. The Morgan fingerprint density at radius 2 is 0.920 bits per heavy atom. The molecule has 0 aliphatic carbocycles. The van der Waals surface area contributed by atoms with Crippen LogP contribution in [0.2, 0.25) is 10.3 Å². The molecular weight excluding hydrogens is 672 g/mol. The van der Waals surface area contributed by atoms with Crippen molar-refractivity contribution in [3.05, 3.63) is 75.8 Å². The van der Waals surface area contributed by atoms with E-state index in [1.807, 2.05) is 62.3 Å². The zero-order valence-electron chi connectivity index (χ0n) is 32.3. The summed E-state index contributed by atoms with van der Waals surface area (Å²) in [4.78, 5) is 24.8. The van der Waals surface area contributed by atoms with E-state index in [9.17, 15) is 0 Å². The van der Waals surface area contributed by atoms with Crippen molar-refractivity contribution >= 4 is 58.5 Å². The SMILES string of the molecule is C=C(C)B1OC(C)(C)C(C)(C)O1.C=C(C)c1nc(C)nc(C(=C)C)c1N.Cc1nc(C(C)C)c(N)c(C(C)C)n1.Cc1nc(Cl)c(N)c(Cl)n1. The summed E-state index contributed by atoms with van der Waals surface area (Å²) in [5, 5.41) is 0.412. The number of nitrogen functional groups attached to an aromatic ring is 3. The molecule has 0 aromatic carbocycles. The predicted molar refractivity (Wildman–Crippen MR) is 212 cm³/mol. The van der Waals surface area contributed by atoms with Crippen LogP contribution in [0, 0.1) is 20.8 Å². The number of hydrogen-bond acceptors (Lipinski definition) is 11. The minimum Gasteiger partial charge on any atom is -0.400 e. The molecule has 11 nitrogen and oxygen atoms in total. The van der Waals surface area contributed by atoms with Gasteiger partial charge < -0.3 is 26.5 Å². The standard InChI is InChI=1S/C11H19N3.C11H15N3.C9H17BO2.C5H5Cl2N3/c2*1-6(2)10-9(12)11(7(3)4)14-8(5)13-10;1-7(2)10-11-8(3,4)9(5,6)12-10;1-2-9-4(6)3(8)5(7)10-2/h6-7H,12H2,1-5H3;1,3,12H2,2,4-5H3;1H2,2-6H3;8H2,1H3. The molecule has 14 heteroatoms. The van der Waals surface area contributed by atoms with Gasteiger partial charge in [-0.3, -0.25) is 0 Å². The van der Waals surface area contributed by atoms with E-state index in [2.05, 4.69) is 77.3 Å². The molecule has 3 aromatic heterocycles. The molecule has 1 aliphatic rings. The van der Waals surface area contributed by atoms with E-state index in [4.69, 9.17) is 49.7 Å². The summed E-state index contributed by atoms with van der Waals surface area (Å²) in [6.45, 7) is 39.1. The Hall–Kier alpha value is -3.58. The van der Waals surface area contributed by atoms with Crippen LogP contribution in [0.25, 0.3) is 11.1 Å². The van der Waals surface area contributed by atoms with Crippen LogP contribution < -0.4 is 17.2 Å². The van der Waals surface area contributed by atoms with Crippen LogP contribution in [0.4, 0.5) is 17.1 Å². The van der Waals surface area contributed by atoms with Crippen molar-refractivity contribution in [1.29, 1.82) is 0 Å². The zero-order valence-corrected chi connectivity index (χ0v) is 33.9. The lowest BCUT2D eigenvalue weighted by Crippen LogP contribution is -2.41. The molecule has 1 aliphatic heterocycles. The first kappa shape index (κ1) is 44.4. The number of rotatable bonds is 5. The van der Waals surface area contributed by atoms with Gasteiger partial charge in [-0.15, -0.1) is 6.58 Å². The van der Waals surface area contributed by atoms with Gasteiger partial charge in [0.15, 0.2) is 10.3 Å². The van der Waals surface area contributed by atoms with Gasteiger partial charge >= 0.3 is 7.12 Å². The van der Waals surface area contributed by atoms with Crippen molar-refractivity contribution in [2.75, 3.05) is 17.2 Å². The Labute approximate surface area is 309 Å². The topological polar surface area (TPSA) is 174 Å². The van der Waals surface area contributed by atoms with E-state index in [0.717, 1.165) is 50.9 Å². The molecule has 0 spiro atoms. The van der Waals surface area contributed by atoms with E-state index in [1.54, 1.807) is 6.92 Å². The number of aryl methyl sites for hydroxylation is 3. The molecule has 1 fully saturated rings. The molecule has 0 bridgehead atoms. The Morgan fingerprint density at radius 3 is 1.20 bits per heavy atom. The maximum absolute atomic E-state index is 6.03. The van der Waals surface area contributed by atoms with Crippen LogP contribution in [0.5, 0.6) is 0 Å². The van der Waals surface area contributed by atoms with Crippen molar-refractivity contribution < 1.29 is 9.31 Å². The lowest BCUT2D eigenvalue weighted by Gasteiger charge is -2.32. The Kier molecular flexibility index (Phi) is 16.1. The van der Waals surface area contributed by atoms with E-state index < -0.39 is 0 Å². The smallest absolute Gasteiger partial charge is 0.400 e. The molecule has 4 rings (SSSR count). The fourth-order valence-corrected chi connectivity index (χ4v) is 4.77. The van der Waals surface area contributed by atoms with Crippen LogP contribution in [0.3, 0.4) is 0 Å². The molecule has 50 heavy (non-hydrogen) atoms. The van der Waals surface area contributed by atoms with Crippen molar-refractivity contribution in [2.45, 2.75) is 120 Å². The van der Waals surface area contributed by atoms with E-state index in [1.165, 1.54) is 0 Å². The first-order valence-electron chi connectivity index (χ1n) is 16.3. The lowest BCUT2D eigenvalue weighted by atomic mass is 9.81. The van der Waals surface area contributed by atoms with Crippen molar-refractivity contribution in [2.24, 2.45) is 0 Å². The first-order chi connectivity index (χ1) is 22.7. The van der Waals surface area contributed by atoms with Gasteiger partial charge in [0.1, 0.15) is 23.2 Å². The number of nitrogens with two attached hydrogens (primary N) is 3. The van der Waals surface area contributed by atoms with Gasteiger partial charge in [-0.25, -0.2) is 29.9 Å². The van der Waals surface area contributed by atoms with Gasteiger partial charge in [-0.05, 0) is 92.2 Å². The second kappa shape index (κ2) is 18.1. The molecule has 0 unspecified atom stereocenters. The summed E-state index contributed by atoms with van der Waals surface area (Å²) in [5.41, 5.74) is 24.4. The predicted octanol–water partition coefficient (Wildman–Crippen LogP) is 8.92. The van der Waals surface area contributed by atoms with Gasteiger partial charge in [0, 0.05) is 0 Å². The summed E-state index contributed by atoms with van der Waals surface area (Å²) >= 11 is 11.1. The summed E-state index contributed by atoms with van der Waals surface area (Å²) in [6.07, 6.45) is 0. The van der Waals surface area contributed by atoms with Gasteiger partial charge in [-0.1, -0.05) is 69.5 Å². The minimum absolute atomic E-state index is 0.206. The largest absolute Gasteiger partial charge is 0.489 e. The number of halogens is 2. The third-order valence-electron chi connectivity index (χ3n) is 7.70. The summed E-state index contributed by atoms with van der Waals surface area (Å²) in [7, 11) is -0.241. The minimum atomic E-state index is -0.241. The van der Waals surface area contributed by atoms with Crippen molar-refractivity contribution in [1.82, 2.24) is 29.9 Å². The quantitative estimate of drug-likeness (QED) is 0.169. The highest BCUT2D eigenvalue weighted by Crippen LogP contribution is 2.38. The summed E-state index contributed by atoms with van der Waals surface area (Å²) in [5.74, 6) is 2.73. The van der Waals surface area contributed by atoms with E-state index in [0.29, 0.717) is 29.2 Å². The number of anilines is 3. The third-order valence-corrected chi connectivity index (χ3v) is 8.27. The number of allylic oxidation sites excluding steroid dienone is 3. The average Bonchev–Trinajstić information content (AvgIpc) is 3.20. The van der Waals surface area contributed by atoms with E-state index in [-0.39, 0.29) is 34.3 Å². The number of hydrogen-bond donors (Lipinski definition) is 3. The van der Waals surface area contributed by atoms with Crippen LogP contribution in [0.1, 0.15) is 128 Å². The average molecular weight is 729 g/mol. The van der Waals surface area contributed by atoms with Gasteiger partial charge in [0.05, 0.1) is 45.4 Å². The first-order valence-corrected chi connectivity index (χ1v) is 17.0. The highest BCUT2D eigenvalue weighted by Gasteiger charge is 2.51. The second-order valence-corrected chi connectivity index (χ2v) is 14.6. The van der Waals surface area contributed by atoms with Gasteiger partial charge in [0.25, 0.3) is 0 Å². The van der Waals surface area contributed by atoms with Crippen molar-refractivity contribution in [3.8, 4) is 0 Å². The molecule has 4 heterocycles. The second-order valence-electron chi connectivity index (χ2n) is 13.9. The van der Waals surface area contributed by atoms with Crippen molar-refractivity contribution in [3.63, 3.8) is 0 Å². The molecule has 0 radical (unpaired) electrons. The van der Waals surface area contributed by atoms with Crippen LogP contribution in [0.15, 0.2) is 25.2 Å². The zero-order chi connectivity index (χ0) is 39.0. The highest BCUT2D eigenvalue weighted by atomic mass is 35.5. The lowest BCUT2D eigenvalue weighted by molar-refractivity contribution is 0.00578. The fraction of sp³-hybridized carbons (Fsp3) is 0.500. The number of aromatic nitrogens is 6. The monoisotopic (exact) mass is 727 g/mol. The molecular formula is C36H56BCl2N9O2. The maximum Gasteiger partial charge on any atom is 0.489 e. The van der Waals surface area contributed by atoms with Crippen LogP contribution in [-0.2, 0) is 9.31 Å². The molecule has 0 saturated carbocycles. The summed E-state index contributed by atoms with van der Waals surface area (Å²) < 4.78 is 11.4. The number of nitrogens with zero attached hydrogens (tertiary/aromatic N) is 6. The third kappa shape index (κ3) is 12.0. The van der Waals surface area contributed by atoms with Crippen LogP contribution >= 0.6 is 23.2 Å². The fourth-order valence-electron chi connectivity index (χ4n) is 4.30. The highest BCUT2D eigenvalue weighted by molar-refractivity contribution is 6.54. The molecule has 3 aromatic rings. The molecule has 6 N–H and O–H groups in total. The Morgan fingerprint density at radius 1 is 0.600 bits per heavy atom.